The quantitative estimate of drug-likeness (QED) is 0.648. The molecule has 1 unspecified atom stereocenters. The number of hydrogen-bond donors (Lipinski definition) is 1. The highest BCUT2D eigenvalue weighted by molar-refractivity contribution is 6.25. The van der Waals surface area contributed by atoms with E-state index >= 15 is 0 Å². The molecule has 1 aromatic rings. The molecule has 0 aliphatic carbocycles. The van der Waals surface area contributed by atoms with Gasteiger partial charge >= 0.3 is 11.9 Å². The number of aliphatic carboxylic acids is 1. The molecule has 0 bridgehead atoms. The van der Waals surface area contributed by atoms with Gasteiger partial charge in [0.05, 0.1) is 6.61 Å². The number of carbonyl (C=O) groups is 2. The van der Waals surface area contributed by atoms with E-state index in [1.165, 1.54) is 18.2 Å². The molecule has 1 atom stereocenters. The minimum absolute atomic E-state index is 0.0413. The Morgan fingerprint density at radius 3 is 2.45 bits per heavy atom. The Bertz CT molecular complexity index is 512. The molecule has 0 saturated heterocycles. The first-order valence-corrected chi connectivity index (χ1v) is 6.34. The van der Waals surface area contributed by atoms with Gasteiger partial charge in [0, 0.05) is 5.54 Å². The summed E-state index contributed by atoms with van der Waals surface area (Å²) in [5, 5.41) is 9.50. The lowest BCUT2D eigenvalue weighted by Crippen LogP contribution is -2.44. The Labute approximate surface area is 120 Å². The van der Waals surface area contributed by atoms with Crippen molar-refractivity contribution in [1.82, 2.24) is 0 Å². The van der Waals surface area contributed by atoms with Gasteiger partial charge in [-0.25, -0.2) is 4.39 Å². The summed E-state index contributed by atoms with van der Waals surface area (Å²) < 4.78 is 17.8. The highest BCUT2D eigenvalue weighted by Gasteiger charge is 2.48. The third-order valence-electron chi connectivity index (χ3n) is 2.84. The van der Waals surface area contributed by atoms with Gasteiger partial charge in [-0.05, 0) is 31.0 Å². The summed E-state index contributed by atoms with van der Waals surface area (Å²) in [5.74, 6) is -2.81. The number of carbonyl (C=O) groups excluding carboxylic acids is 1. The number of benzene rings is 1. The Balaban J connectivity index is 3.39. The lowest BCUT2D eigenvalue weighted by molar-refractivity contribution is -0.161. The van der Waals surface area contributed by atoms with Gasteiger partial charge in [0.1, 0.15) is 5.82 Å². The zero-order valence-electron chi connectivity index (χ0n) is 10.8. The molecule has 1 rings (SSSR count). The van der Waals surface area contributed by atoms with E-state index in [-0.39, 0.29) is 18.6 Å². The maximum absolute atomic E-state index is 13.0. The van der Waals surface area contributed by atoms with Crippen LogP contribution in [0.3, 0.4) is 0 Å². The molecule has 0 saturated carbocycles. The van der Waals surface area contributed by atoms with Gasteiger partial charge in [0.15, 0.2) is 5.41 Å². The van der Waals surface area contributed by atoms with Crippen LogP contribution in [0.15, 0.2) is 35.9 Å². The first kappa shape index (κ1) is 16.2. The summed E-state index contributed by atoms with van der Waals surface area (Å²) in [4.78, 5) is 23.8. The van der Waals surface area contributed by atoms with Crippen LogP contribution in [-0.4, -0.2) is 23.7 Å². The van der Waals surface area contributed by atoms with E-state index in [1.54, 1.807) is 6.92 Å². The fraction of sp³-hybridized carbons (Fsp3) is 0.286. The van der Waals surface area contributed by atoms with Gasteiger partial charge in [-0.15, -0.1) is 0 Å². The number of hydrogen-bond acceptors (Lipinski definition) is 3. The van der Waals surface area contributed by atoms with Crippen molar-refractivity contribution < 1.29 is 23.8 Å². The highest BCUT2D eigenvalue weighted by Crippen LogP contribution is 2.31. The van der Waals surface area contributed by atoms with Crippen molar-refractivity contribution in [1.29, 1.82) is 0 Å². The second-order valence-electron chi connectivity index (χ2n) is 4.00. The van der Waals surface area contributed by atoms with Crippen molar-refractivity contribution in [2.45, 2.75) is 18.8 Å². The molecule has 0 amide bonds. The van der Waals surface area contributed by atoms with Crippen LogP contribution in [0.2, 0.25) is 0 Å². The lowest BCUT2D eigenvalue weighted by atomic mass is 9.77. The lowest BCUT2D eigenvalue weighted by Gasteiger charge is -2.26. The van der Waals surface area contributed by atoms with E-state index in [0.29, 0.717) is 0 Å². The molecule has 1 aromatic carbocycles. The highest BCUT2D eigenvalue weighted by atomic mass is 35.5. The van der Waals surface area contributed by atoms with E-state index in [9.17, 15) is 19.1 Å². The molecular formula is C14H14ClFO4. The molecule has 20 heavy (non-hydrogen) atoms. The first-order chi connectivity index (χ1) is 9.48. The minimum Gasteiger partial charge on any atom is -0.480 e. The van der Waals surface area contributed by atoms with Crippen molar-refractivity contribution >= 4 is 23.5 Å². The SMILES string of the molecule is CCOC(=O)C(C/C=C/Cl)(C(=O)O)c1ccc(F)cc1. The van der Waals surface area contributed by atoms with E-state index < -0.39 is 23.2 Å². The van der Waals surface area contributed by atoms with Crippen molar-refractivity contribution in [2.75, 3.05) is 6.61 Å². The molecule has 0 heterocycles. The summed E-state index contributed by atoms with van der Waals surface area (Å²) in [7, 11) is 0. The number of esters is 1. The first-order valence-electron chi connectivity index (χ1n) is 5.91. The molecule has 0 aromatic heterocycles. The van der Waals surface area contributed by atoms with Crippen molar-refractivity contribution in [3.63, 3.8) is 0 Å². The van der Waals surface area contributed by atoms with E-state index in [2.05, 4.69) is 0 Å². The van der Waals surface area contributed by atoms with Gasteiger partial charge in [-0.3, -0.25) is 9.59 Å². The Morgan fingerprint density at radius 2 is 2.00 bits per heavy atom. The van der Waals surface area contributed by atoms with Crippen LogP contribution in [0, 0.1) is 5.82 Å². The number of halogens is 2. The summed E-state index contributed by atoms with van der Waals surface area (Å²) >= 11 is 5.42. The van der Waals surface area contributed by atoms with Crippen molar-refractivity contribution in [2.24, 2.45) is 0 Å². The molecule has 1 N–H and O–H groups in total. The molecule has 6 heteroatoms. The Morgan fingerprint density at radius 1 is 1.40 bits per heavy atom. The standard InChI is InChI=1S/C14H14ClFO4/c1-2-20-13(19)14(12(17)18,8-3-9-15)10-4-6-11(16)7-5-10/h3-7,9H,2,8H2,1H3,(H,17,18)/b9-3+. The molecule has 0 aliphatic heterocycles. The zero-order chi connectivity index (χ0) is 15.2. The molecule has 0 aliphatic rings. The molecular weight excluding hydrogens is 287 g/mol. The Hall–Kier alpha value is -1.88. The van der Waals surface area contributed by atoms with Gasteiger partial charge in [-0.2, -0.15) is 0 Å². The minimum atomic E-state index is -1.94. The summed E-state index contributed by atoms with van der Waals surface area (Å²) in [6.45, 7) is 1.62. The van der Waals surface area contributed by atoms with Gasteiger partial charge in [-0.1, -0.05) is 29.8 Å². The second-order valence-corrected chi connectivity index (χ2v) is 4.26. The normalized spacial score (nSPS) is 13.9. The monoisotopic (exact) mass is 300 g/mol. The van der Waals surface area contributed by atoms with Crippen LogP contribution < -0.4 is 0 Å². The molecule has 0 radical (unpaired) electrons. The third kappa shape index (κ3) is 3.17. The number of carboxylic acid groups (broad SMARTS) is 1. The average Bonchev–Trinajstić information content (AvgIpc) is 2.41. The smallest absolute Gasteiger partial charge is 0.328 e. The van der Waals surface area contributed by atoms with E-state index in [0.717, 1.165) is 17.7 Å². The fourth-order valence-electron chi connectivity index (χ4n) is 1.83. The summed E-state index contributed by atoms with van der Waals surface area (Å²) in [6, 6.07) is 4.69. The van der Waals surface area contributed by atoms with Gasteiger partial charge in [0.2, 0.25) is 0 Å². The maximum Gasteiger partial charge on any atom is 0.328 e. The van der Waals surface area contributed by atoms with E-state index in [1.807, 2.05) is 0 Å². The summed E-state index contributed by atoms with van der Waals surface area (Å²) in [5.41, 5.74) is -0.671. The van der Waals surface area contributed by atoms with Gasteiger partial charge < -0.3 is 9.84 Å². The zero-order valence-corrected chi connectivity index (χ0v) is 11.6. The largest absolute Gasteiger partial charge is 0.480 e. The van der Waals surface area contributed by atoms with Gasteiger partial charge in [0.25, 0.3) is 0 Å². The van der Waals surface area contributed by atoms with Crippen LogP contribution in [-0.2, 0) is 19.7 Å². The topological polar surface area (TPSA) is 63.6 Å². The molecule has 0 fully saturated rings. The van der Waals surface area contributed by atoms with Crippen LogP contribution in [0.5, 0.6) is 0 Å². The number of carboxylic acids is 1. The predicted octanol–water partition coefficient (Wildman–Crippen LogP) is 2.85. The van der Waals surface area contributed by atoms with Crippen LogP contribution >= 0.6 is 11.6 Å². The van der Waals surface area contributed by atoms with Crippen LogP contribution in [0.4, 0.5) is 4.39 Å². The Kier molecular flexibility index (Phi) is 5.70. The predicted molar refractivity (Wildman–Crippen MR) is 72.0 cm³/mol. The maximum atomic E-state index is 13.0. The number of allylic oxidation sites excluding steroid dienone is 1. The third-order valence-corrected chi connectivity index (χ3v) is 3.02. The van der Waals surface area contributed by atoms with E-state index in [4.69, 9.17) is 16.3 Å². The fourth-order valence-corrected chi connectivity index (χ4v) is 1.92. The molecule has 4 nitrogen and oxygen atoms in total. The number of ether oxygens (including phenoxy) is 1. The second kappa shape index (κ2) is 7.05. The van der Waals surface area contributed by atoms with Crippen molar-refractivity contribution in [3.05, 3.63) is 47.3 Å². The molecule has 0 spiro atoms. The summed E-state index contributed by atoms with van der Waals surface area (Å²) in [6.07, 6.45) is 1.16. The number of rotatable bonds is 6. The van der Waals surface area contributed by atoms with Crippen molar-refractivity contribution in [3.8, 4) is 0 Å². The molecule has 108 valence electrons. The van der Waals surface area contributed by atoms with Crippen LogP contribution in [0.25, 0.3) is 0 Å². The van der Waals surface area contributed by atoms with Crippen LogP contribution in [0.1, 0.15) is 18.9 Å². The average molecular weight is 301 g/mol.